The summed E-state index contributed by atoms with van der Waals surface area (Å²) >= 11 is 0. The molecule has 1 spiro atoms. The van der Waals surface area contributed by atoms with Gasteiger partial charge in [-0.3, -0.25) is 4.79 Å². The summed E-state index contributed by atoms with van der Waals surface area (Å²) in [7, 11) is 1.63. The van der Waals surface area contributed by atoms with Crippen LogP contribution in [0.15, 0.2) is 31.1 Å². The topological polar surface area (TPSA) is 85.2 Å². The van der Waals surface area contributed by atoms with E-state index in [0.717, 1.165) is 55.2 Å². The zero-order valence-corrected chi connectivity index (χ0v) is 16.2. The number of rotatable bonds is 4. The Bertz CT molecular complexity index is 981. The fraction of sp³-hybridized carbons (Fsp3) is 0.381. The van der Waals surface area contributed by atoms with Crippen LogP contribution in [0.3, 0.4) is 0 Å². The highest BCUT2D eigenvalue weighted by atomic mass is 16.5. The normalized spacial score (nSPS) is 17.3. The standard InChI is InChI=1S/C21H23N5O2/c1-4-19(27)26-11-21(12-26)5-6-25(10-21)18-8-15(28-3)7-16(17(18)9-22)20-14(2)23-13-24-20/h4,7-8,13H,1,5-6,10-12H2,2-3H3,(H,23,24). The molecule has 144 valence electrons. The number of H-pyrrole nitrogens is 1. The number of aromatic amines is 1. The van der Waals surface area contributed by atoms with Gasteiger partial charge in [-0.25, -0.2) is 4.98 Å². The highest BCUT2D eigenvalue weighted by Crippen LogP contribution is 2.44. The molecule has 0 bridgehead atoms. The number of anilines is 1. The number of likely N-dealkylation sites (tertiary alicyclic amines) is 1. The van der Waals surface area contributed by atoms with E-state index in [1.54, 1.807) is 13.4 Å². The zero-order chi connectivity index (χ0) is 19.9. The Hall–Kier alpha value is -3.27. The summed E-state index contributed by atoms with van der Waals surface area (Å²) in [6.07, 6.45) is 4.00. The van der Waals surface area contributed by atoms with Gasteiger partial charge in [0.2, 0.25) is 5.91 Å². The van der Waals surface area contributed by atoms with Gasteiger partial charge in [0.1, 0.15) is 11.8 Å². The second-order valence-corrected chi connectivity index (χ2v) is 7.63. The van der Waals surface area contributed by atoms with Gasteiger partial charge in [-0.15, -0.1) is 0 Å². The number of nitrogens with zero attached hydrogens (tertiary/aromatic N) is 4. The molecule has 2 saturated heterocycles. The van der Waals surface area contributed by atoms with Gasteiger partial charge in [-0.2, -0.15) is 5.26 Å². The first kappa shape index (κ1) is 18.1. The second kappa shape index (κ2) is 6.71. The molecule has 0 atom stereocenters. The van der Waals surface area contributed by atoms with E-state index in [1.165, 1.54) is 6.08 Å². The number of aromatic nitrogens is 2. The lowest BCUT2D eigenvalue weighted by Gasteiger charge is -2.47. The van der Waals surface area contributed by atoms with Crippen molar-refractivity contribution in [3.8, 4) is 23.1 Å². The van der Waals surface area contributed by atoms with Crippen molar-refractivity contribution >= 4 is 11.6 Å². The highest BCUT2D eigenvalue weighted by molar-refractivity contribution is 5.88. The first-order chi connectivity index (χ1) is 13.5. The summed E-state index contributed by atoms with van der Waals surface area (Å²) < 4.78 is 5.51. The van der Waals surface area contributed by atoms with Crippen LogP contribution < -0.4 is 9.64 Å². The van der Waals surface area contributed by atoms with Crippen LogP contribution in [0.5, 0.6) is 5.75 Å². The summed E-state index contributed by atoms with van der Waals surface area (Å²) in [5.41, 5.74) is 4.00. The van der Waals surface area contributed by atoms with E-state index in [0.29, 0.717) is 11.3 Å². The number of ether oxygens (including phenoxy) is 1. The van der Waals surface area contributed by atoms with Crippen molar-refractivity contribution in [3.63, 3.8) is 0 Å². The summed E-state index contributed by atoms with van der Waals surface area (Å²) in [5, 5.41) is 9.94. The number of hydrogen-bond acceptors (Lipinski definition) is 5. The average Bonchev–Trinajstić information content (AvgIpc) is 3.31. The summed E-state index contributed by atoms with van der Waals surface area (Å²) in [6, 6.07) is 6.17. The Morgan fingerprint density at radius 3 is 2.82 bits per heavy atom. The quantitative estimate of drug-likeness (QED) is 0.828. The van der Waals surface area contributed by atoms with Gasteiger partial charge in [0.05, 0.1) is 30.4 Å². The molecule has 0 unspecified atom stereocenters. The minimum absolute atomic E-state index is 0.0144. The van der Waals surface area contributed by atoms with Crippen molar-refractivity contribution in [2.45, 2.75) is 13.3 Å². The van der Waals surface area contributed by atoms with Crippen LogP contribution >= 0.6 is 0 Å². The third-order valence-corrected chi connectivity index (χ3v) is 5.84. The van der Waals surface area contributed by atoms with Gasteiger partial charge in [0, 0.05) is 48.9 Å². The van der Waals surface area contributed by atoms with Gasteiger partial charge in [0.15, 0.2) is 0 Å². The first-order valence-corrected chi connectivity index (χ1v) is 9.29. The Morgan fingerprint density at radius 2 is 2.21 bits per heavy atom. The number of methoxy groups -OCH3 is 1. The number of nitrogens with one attached hydrogen (secondary N) is 1. The van der Waals surface area contributed by atoms with Crippen LogP contribution in [-0.4, -0.2) is 54.1 Å². The van der Waals surface area contributed by atoms with Crippen molar-refractivity contribution in [2.24, 2.45) is 5.41 Å². The Labute approximate surface area is 164 Å². The van der Waals surface area contributed by atoms with Gasteiger partial charge < -0.3 is 19.5 Å². The number of benzene rings is 1. The van der Waals surface area contributed by atoms with Crippen molar-refractivity contribution in [1.29, 1.82) is 5.26 Å². The third-order valence-electron chi connectivity index (χ3n) is 5.84. The maximum atomic E-state index is 11.8. The lowest BCUT2D eigenvalue weighted by molar-refractivity contribution is -0.136. The molecule has 3 heterocycles. The van der Waals surface area contributed by atoms with Gasteiger partial charge in [-0.1, -0.05) is 6.58 Å². The lowest BCUT2D eigenvalue weighted by Crippen LogP contribution is -2.59. The van der Waals surface area contributed by atoms with Gasteiger partial charge in [-0.05, 0) is 25.5 Å². The Kier molecular flexibility index (Phi) is 4.34. The maximum Gasteiger partial charge on any atom is 0.245 e. The van der Waals surface area contributed by atoms with Gasteiger partial charge >= 0.3 is 0 Å². The third kappa shape index (κ3) is 2.82. The molecule has 7 nitrogen and oxygen atoms in total. The number of hydrogen-bond donors (Lipinski definition) is 1. The second-order valence-electron chi connectivity index (χ2n) is 7.63. The van der Waals surface area contributed by atoms with Crippen molar-refractivity contribution < 1.29 is 9.53 Å². The fourth-order valence-electron chi connectivity index (χ4n) is 4.35. The predicted octanol–water partition coefficient (Wildman–Crippen LogP) is 2.49. The number of carbonyl (C=O) groups is 1. The Balaban J connectivity index is 1.67. The number of carbonyl (C=O) groups excluding carboxylic acids is 1. The fourth-order valence-corrected chi connectivity index (χ4v) is 4.35. The molecular weight excluding hydrogens is 354 g/mol. The average molecular weight is 377 g/mol. The molecule has 2 aliphatic heterocycles. The number of nitriles is 1. The molecule has 1 amide bonds. The highest BCUT2D eigenvalue weighted by Gasteiger charge is 2.49. The maximum absolute atomic E-state index is 11.8. The van der Waals surface area contributed by atoms with Crippen molar-refractivity contribution in [3.05, 3.63) is 42.4 Å². The van der Waals surface area contributed by atoms with Crippen LogP contribution in [0, 0.1) is 23.7 Å². The molecule has 2 fully saturated rings. The van der Waals surface area contributed by atoms with Gasteiger partial charge in [0.25, 0.3) is 0 Å². The minimum atomic E-state index is -0.0144. The lowest BCUT2D eigenvalue weighted by atomic mass is 9.79. The number of amides is 1. The molecule has 0 radical (unpaired) electrons. The molecule has 4 rings (SSSR count). The number of imidazole rings is 1. The molecule has 1 aromatic carbocycles. The van der Waals surface area contributed by atoms with E-state index in [9.17, 15) is 10.1 Å². The van der Waals surface area contributed by atoms with Crippen LogP contribution in [0.25, 0.3) is 11.3 Å². The van der Waals surface area contributed by atoms with E-state index in [1.807, 2.05) is 24.0 Å². The molecule has 1 aromatic heterocycles. The van der Waals surface area contributed by atoms with E-state index in [-0.39, 0.29) is 11.3 Å². The summed E-state index contributed by atoms with van der Waals surface area (Å²) in [5.74, 6) is 0.684. The molecule has 0 saturated carbocycles. The summed E-state index contributed by atoms with van der Waals surface area (Å²) in [6.45, 7) is 8.64. The van der Waals surface area contributed by atoms with Crippen molar-refractivity contribution in [1.82, 2.24) is 14.9 Å². The molecule has 1 N–H and O–H groups in total. The molecule has 7 heteroatoms. The SMILES string of the molecule is C=CC(=O)N1CC2(CCN(c3cc(OC)cc(-c4nc[nH]c4C)c3C#N)C2)C1. The molecule has 0 aliphatic carbocycles. The smallest absolute Gasteiger partial charge is 0.245 e. The van der Waals surface area contributed by atoms with E-state index in [2.05, 4.69) is 27.5 Å². The molecule has 28 heavy (non-hydrogen) atoms. The summed E-state index contributed by atoms with van der Waals surface area (Å²) in [4.78, 5) is 23.3. The monoisotopic (exact) mass is 377 g/mol. The van der Waals surface area contributed by atoms with E-state index >= 15 is 0 Å². The van der Waals surface area contributed by atoms with E-state index < -0.39 is 0 Å². The van der Waals surface area contributed by atoms with Crippen LogP contribution in [-0.2, 0) is 4.79 Å². The number of aryl methyl sites for hydroxylation is 1. The molecule has 2 aliphatic rings. The van der Waals surface area contributed by atoms with E-state index in [4.69, 9.17) is 4.74 Å². The molecule has 2 aromatic rings. The van der Waals surface area contributed by atoms with Crippen LogP contribution in [0.4, 0.5) is 5.69 Å². The minimum Gasteiger partial charge on any atom is -0.497 e. The van der Waals surface area contributed by atoms with Crippen molar-refractivity contribution in [2.75, 3.05) is 38.2 Å². The van der Waals surface area contributed by atoms with Crippen LogP contribution in [0.1, 0.15) is 17.7 Å². The molecular formula is C21H23N5O2. The van der Waals surface area contributed by atoms with Crippen LogP contribution in [0.2, 0.25) is 0 Å². The largest absolute Gasteiger partial charge is 0.497 e. The predicted molar refractivity (Wildman–Crippen MR) is 106 cm³/mol. The zero-order valence-electron chi connectivity index (χ0n) is 16.2. The Morgan fingerprint density at radius 1 is 1.43 bits per heavy atom. The first-order valence-electron chi connectivity index (χ1n) is 9.29.